The number of rotatable bonds is 0. The molecule has 2 heteroatoms. The lowest BCUT2D eigenvalue weighted by atomic mass is 10.2. The number of aryl methyl sites for hydroxylation is 1. The molecule has 84 valence electrons. The Morgan fingerprint density at radius 2 is 1.60 bits per heavy atom. The molecule has 0 spiro atoms. The van der Waals surface area contributed by atoms with Crippen LogP contribution in [0.15, 0.2) is 24.3 Å². The Morgan fingerprint density at radius 3 is 2.20 bits per heavy atom. The number of aromatic nitrogens is 1. The molecule has 2 rings (SSSR count). The molecule has 1 N–H and O–H groups in total. The summed E-state index contributed by atoms with van der Waals surface area (Å²) in [5.41, 5.74) is 2.31. The van der Waals surface area contributed by atoms with E-state index in [4.69, 9.17) is 11.6 Å². The first-order chi connectivity index (χ1) is 7.25. The number of H-pyrrole nitrogens is 1. The molecular weight excluding hydrogens is 206 g/mol. The van der Waals surface area contributed by atoms with Crippen molar-refractivity contribution in [3.63, 3.8) is 0 Å². The van der Waals surface area contributed by atoms with Crippen LogP contribution in [-0.4, -0.2) is 4.98 Å². The molecule has 0 radical (unpaired) electrons. The van der Waals surface area contributed by atoms with Gasteiger partial charge in [-0.3, -0.25) is 0 Å². The molecule has 0 saturated carbocycles. The topological polar surface area (TPSA) is 15.8 Å². The summed E-state index contributed by atoms with van der Waals surface area (Å²) in [6.45, 7) is 10.0. The zero-order chi connectivity index (χ0) is 11.8. The monoisotopic (exact) mass is 225 g/mol. The number of hydrogen-bond acceptors (Lipinski definition) is 0. The molecule has 1 aromatic carbocycles. The summed E-state index contributed by atoms with van der Waals surface area (Å²) in [5.74, 6) is 0. The van der Waals surface area contributed by atoms with Crippen molar-refractivity contribution in [3.8, 4) is 0 Å². The van der Waals surface area contributed by atoms with E-state index in [-0.39, 0.29) is 0 Å². The van der Waals surface area contributed by atoms with Crippen molar-refractivity contribution >= 4 is 22.5 Å². The second kappa shape index (κ2) is 7.36. The minimum absolute atomic E-state index is 0.788. The third-order valence-corrected chi connectivity index (χ3v) is 1.95. The van der Waals surface area contributed by atoms with Crippen molar-refractivity contribution in [1.82, 2.24) is 4.98 Å². The molecular formula is C13H20ClN. The maximum absolute atomic E-state index is 5.81. The van der Waals surface area contributed by atoms with Crippen molar-refractivity contribution in [2.75, 3.05) is 0 Å². The van der Waals surface area contributed by atoms with Crippen LogP contribution in [0.4, 0.5) is 0 Å². The molecule has 0 amide bonds. The molecule has 0 saturated heterocycles. The van der Waals surface area contributed by atoms with Crippen molar-refractivity contribution in [3.05, 3.63) is 35.0 Å². The van der Waals surface area contributed by atoms with Gasteiger partial charge in [-0.1, -0.05) is 39.3 Å². The Balaban J connectivity index is 0.000000442. The summed E-state index contributed by atoms with van der Waals surface area (Å²) in [6, 6.07) is 7.92. The molecule has 0 bridgehead atoms. The molecule has 0 aliphatic heterocycles. The van der Waals surface area contributed by atoms with E-state index in [0.29, 0.717) is 0 Å². The van der Waals surface area contributed by atoms with Crippen molar-refractivity contribution in [1.29, 1.82) is 0 Å². The van der Waals surface area contributed by atoms with E-state index in [1.807, 2.05) is 52.8 Å². The van der Waals surface area contributed by atoms with Crippen LogP contribution in [0.2, 0.25) is 5.02 Å². The quantitative estimate of drug-likeness (QED) is 0.636. The molecule has 1 heterocycles. The standard InChI is InChI=1S/C9H8ClN.2C2H6/c1-6-4-7-5-8(10)2-3-9(7)11-6;2*1-2/h2-5,11H,1H3;2*1-2H3. The normalized spacial score (nSPS) is 8.67. The average Bonchev–Trinajstić information content (AvgIpc) is 2.63. The molecule has 0 aliphatic carbocycles. The van der Waals surface area contributed by atoms with Gasteiger partial charge in [0.15, 0.2) is 0 Å². The van der Waals surface area contributed by atoms with Gasteiger partial charge in [-0.2, -0.15) is 0 Å². The van der Waals surface area contributed by atoms with E-state index in [9.17, 15) is 0 Å². The number of nitrogens with one attached hydrogen (secondary N) is 1. The Morgan fingerprint density at radius 1 is 1.00 bits per heavy atom. The van der Waals surface area contributed by atoms with E-state index < -0.39 is 0 Å². The summed E-state index contributed by atoms with van der Waals surface area (Å²) in [5, 5.41) is 1.96. The van der Waals surface area contributed by atoms with Crippen molar-refractivity contribution < 1.29 is 0 Å². The number of halogens is 1. The summed E-state index contributed by atoms with van der Waals surface area (Å²) < 4.78 is 0. The third kappa shape index (κ3) is 3.96. The first-order valence-electron chi connectivity index (χ1n) is 5.50. The highest BCUT2D eigenvalue weighted by Crippen LogP contribution is 2.19. The second-order valence-corrected chi connectivity index (χ2v) is 3.12. The fraction of sp³-hybridized carbons (Fsp3) is 0.385. The van der Waals surface area contributed by atoms with Gasteiger partial charge in [0.25, 0.3) is 0 Å². The SMILES string of the molecule is CC.CC.Cc1cc2cc(Cl)ccc2[nH]1. The van der Waals surface area contributed by atoms with Gasteiger partial charge in [-0.15, -0.1) is 0 Å². The number of benzene rings is 1. The van der Waals surface area contributed by atoms with Crippen LogP contribution in [0.5, 0.6) is 0 Å². The zero-order valence-electron chi connectivity index (χ0n) is 10.2. The van der Waals surface area contributed by atoms with Gasteiger partial charge >= 0.3 is 0 Å². The molecule has 0 atom stereocenters. The maximum atomic E-state index is 5.81. The number of aromatic amines is 1. The molecule has 0 fully saturated rings. The van der Waals surface area contributed by atoms with Crippen LogP contribution in [0.1, 0.15) is 33.4 Å². The van der Waals surface area contributed by atoms with E-state index in [2.05, 4.69) is 11.1 Å². The van der Waals surface area contributed by atoms with Crippen LogP contribution in [0, 0.1) is 6.92 Å². The molecule has 15 heavy (non-hydrogen) atoms. The Hall–Kier alpha value is -0.950. The zero-order valence-corrected chi connectivity index (χ0v) is 10.9. The predicted molar refractivity (Wildman–Crippen MR) is 70.7 cm³/mol. The van der Waals surface area contributed by atoms with Crippen LogP contribution < -0.4 is 0 Å². The summed E-state index contributed by atoms with van der Waals surface area (Å²) >= 11 is 5.81. The highest BCUT2D eigenvalue weighted by molar-refractivity contribution is 6.31. The van der Waals surface area contributed by atoms with Crippen molar-refractivity contribution in [2.45, 2.75) is 34.6 Å². The van der Waals surface area contributed by atoms with E-state index in [1.165, 1.54) is 11.1 Å². The largest absolute Gasteiger partial charge is 0.359 e. The fourth-order valence-electron chi connectivity index (χ4n) is 1.25. The predicted octanol–water partition coefficient (Wildman–Crippen LogP) is 5.18. The lowest BCUT2D eigenvalue weighted by Gasteiger charge is -1.88. The van der Waals surface area contributed by atoms with Gasteiger partial charge in [-0.25, -0.2) is 0 Å². The van der Waals surface area contributed by atoms with Crippen LogP contribution in [0.3, 0.4) is 0 Å². The number of hydrogen-bond donors (Lipinski definition) is 1. The average molecular weight is 226 g/mol. The van der Waals surface area contributed by atoms with Crippen molar-refractivity contribution in [2.24, 2.45) is 0 Å². The summed E-state index contributed by atoms with van der Waals surface area (Å²) in [7, 11) is 0. The Bertz CT molecular complexity index is 390. The molecule has 0 aliphatic rings. The van der Waals surface area contributed by atoms with E-state index >= 15 is 0 Å². The lowest BCUT2D eigenvalue weighted by Crippen LogP contribution is -1.67. The van der Waals surface area contributed by atoms with Gasteiger partial charge in [0.05, 0.1) is 0 Å². The Labute approximate surface area is 97.5 Å². The maximum Gasteiger partial charge on any atom is 0.0457 e. The van der Waals surface area contributed by atoms with Crippen LogP contribution in [0.25, 0.3) is 10.9 Å². The second-order valence-electron chi connectivity index (χ2n) is 2.68. The van der Waals surface area contributed by atoms with Gasteiger partial charge in [0, 0.05) is 21.6 Å². The summed E-state index contributed by atoms with van der Waals surface area (Å²) in [4.78, 5) is 3.23. The first-order valence-corrected chi connectivity index (χ1v) is 5.88. The minimum atomic E-state index is 0.788. The highest BCUT2D eigenvalue weighted by atomic mass is 35.5. The van der Waals surface area contributed by atoms with Gasteiger partial charge in [0.1, 0.15) is 0 Å². The lowest BCUT2D eigenvalue weighted by molar-refractivity contribution is 1.30. The molecule has 0 unspecified atom stereocenters. The molecule has 1 aromatic heterocycles. The molecule has 2 aromatic rings. The van der Waals surface area contributed by atoms with Gasteiger partial charge < -0.3 is 4.98 Å². The summed E-state index contributed by atoms with van der Waals surface area (Å²) in [6.07, 6.45) is 0. The Kier molecular flexibility index (Phi) is 6.89. The fourth-order valence-corrected chi connectivity index (χ4v) is 1.43. The highest BCUT2D eigenvalue weighted by Gasteiger charge is 1.96. The third-order valence-electron chi connectivity index (χ3n) is 1.72. The van der Waals surface area contributed by atoms with Crippen LogP contribution in [-0.2, 0) is 0 Å². The van der Waals surface area contributed by atoms with Gasteiger partial charge in [-0.05, 0) is 31.2 Å². The van der Waals surface area contributed by atoms with E-state index in [0.717, 1.165) is 10.5 Å². The minimum Gasteiger partial charge on any atom is -0.359 e. The first kappa shape index (κ1) is 14.1. The molecule has 1 nitrogen and oxygen atoms in total. The van der Waals surface area contributed by atoms with Crippen LogP contribution >= 0.6 is 11.6 Å². The van der Waals surface area contributed by atoms with E-state index in [1.54, 1.807) is 0 Å². The van der Waals surface area contributed by atoms with Gasteiger partial charge in [0.2, 0.25) is 0 Å². The number of fused-ring (bicyclic) bond motifs is 1. The smallest absolute Gasteiger partial charge is 0.0457 e.